The number of carbonyl (C=O) groups is 1. The predicted octanol–water partition coefficient (Wildman–Crippen LogP) is 5.55. The van der Waals surface area contributed by atoms with Crippen molar-refractivity contribution in [3.05, 3.63) is 40.4 Å². The highest BCUT2D eigenvalue weighted by Crippen LogP contribution is 2.37. The zero-order chi connectivity index (χ0) is 23.8. The van der Waals surface area contributed by atoms with Crippen LogP contribution in [-0.4, -0.2) is 43.8 Å². The molecule has 0 spiro atoms. The Labute approximate surface area is 200 Å². The van der Waals surface area contributed by atoms with E-state index in [9.17, 15) is 4.79 Å². The van der Waals surface area contributed by atoms with Gasteiger partial charge in [-0.25, -0.2) is 4.79 Å². The van der Waals surface area contributed by atoms with Crippen LogP contribution >= 0.6 is 11.6 Å². The number of hydroxylamine groups is 2. The number of ether oxygens (including phenoxy) is 2. The minimum atomic E-state index is -0.747. The molecule has 1 saturated carbocycles. The van der Waals surface area contributed by atoms with Gasteiger partial charge in [0.2, 0.25) is 0 Å². The third-order valence-electron chi connectivity index (χ3n) is 5.80. The second-order valence-corrected chi connectivity index (χ2v) is 10.5. The Kier molecular flexibility index (Phi) is 6.98. The minimum Gasteiger partial charge on any atom is -0.427 e. The van der Waals surface area contributed by atoms with E-state index in [2.05, 4.69) is 28.6 Å². The fourth-order valence-electron chi connectivity index (χ4n) is 4.54. The zero-order valence-electron chi connectivity index (χ0n) is 20.0. The summed E-state index contributed by atoms with van der Waals surface area (Å²) in [6.45, 7) is 10.2. The standard InChI is InChI=1S/C24H33ClN4O4/c1-15(2)31-19-9-6-16(7-10-19)22-27-26-21-14-28(33-23(30)32-24(3,4)5)13-17-12-18(25)8-11-20(17)29(21)22/h8,11-12,15-16,19H,6-7,9-10,13-14H2,1-5H3. The van der Waals surface area contributed by atoms with E-state index in [1.165, 1.54) is 0 Å². The normalized spacial score (nSPS) is 21.3. The molecule has 0 N–H and O–H groups in total. The van der Waals surface area contributed by atoms with Gasteiger partial charge in [-0.1, -0.05) is 11.6 Å². The molecule has 9 heteroatoms. The topological polar surface area (TPSA) is 78.7 Å². The first kappa shape index (κ1) is 24.0. The van der Waals surface area contributed by atoms with E-state index in [1.807, 2.05) is 18.2 Å². The quantitative estimate of drug-likeness (QED) is 0.535. The minimum absolute atomic E-state index is 0.239. The molecule has 8 nitrogen and oxygen atoms in total. The first-order chi connectivity index (χ1) is 15.6. The molecule has 0 saturated heterocycles. The SMILES string of the molecule is CC(C)OC1CCC(c2nnc3n2-c2ccc(Cl)cc2CN(OC(=O)OC(C)(C)C)C3)CC1. The van der Waals surface area contributed by atoms with Crippen LogP contribution in [0.3, 0.4) is 0 Å². The Bertz CT molecular complexity index is 993. The third kappa shape index (κ3) is 5.86. The molecule has 1 aliphatic carbocycles. The summed E-state index contributed by atoms with van der Waals surface area (Å²) in [5, 5.41) is 11.2. The van der Waals surface area contributed by atoms with Crippen molar-refractivity contribution in [1.29, 1.82) is 0 Å². The summed E-state index contributed by atoms with van der Waals surface area (Å²) >= 11 is 6.31. The van der Waals surface area contributed by atoms with E-state index in [1.54, 1.807) is 25.8 Å². The van der Waals surface area contributed by atoms with Crippen molar-refractivity contribution >= 4 is 17.8 Å². The predicted molar refractivity (Wildman–Crippen MR) is 124 cm³/mol. The van der Waals surface area contributed by atoms with E-state index >= 15 is 0 Å². The van der Waals surface area contributed by atoms with Crippen LogP contribution in [0.4, 0.5) is 4.79 Å². The van der Waals surface area contributed by atoms with Gasteiger partial charge in [0, 0.05) is 10.9 Å². The summed E-state index contributed by atoms with van der Waals surface area (Å²) in [5.74, 6) is 1.95. The number of halogens is 1. The number of carbonyl (C=O) groups excluding carboxylic acids is 1. The fraction of sp³-hybridized carbons (Fsp3) is 0.625. The van der Waals surface area contributed by atoms with Crippen molar-refractivity contribution in [2.24, 2.45) is 0 Å². The van der Waals surface area contributed by atoms with Crippen molar-refractivity contribution in [1.82, 2.24) is 19.8 Å². The van der Waals surface area contributed by atoms with Crippen LogP contribution in [0.1, 0.15) is 83.4 Å². The van der Waals surface area contributed by atoms with Crippen molar-refractivity contribution < 1.29 is 19.1 Å². The lowest BCUT2D eigenvalue weighted by molar-refractivity contribution is -0.155. The summed E-state index contributed by atoms with van der Waals surface area (Å²) in [4.78, 5) is 17.9. The Hall–Kier alpha value is -2.16. The molecular formula is C24H33ClN4O4. The Morgan fingerprint density at radius 2 is 1.85 bits per heavy atom. The number of benzene rings is 1. The van der Waals surface area contributed by atoms with Crippen LogP contribution in [0.5, 0.6) is 0 Å². The molecule has 0 radical (unpaired) electrons. The number of fused-ring (bicyclic) bond motifs is 3. The van der Waals surface area contributed by atoms with Crippen LogP contribution in [0.25, 0.3) is 5.69 Å². The maximum absolute atomic E-state index is 12.3. The summed E-state index contributed by atoms with van der Waals surface area (Å²) in [6, 6.07) is 5.75. The number of hydrogen-bond acceptors (Lipinski definition) is 7. The van der Waals surface area contributed by atoms with Gasteiger partial charge in [-0.15, -0.1) is 15.3 Å². The van der Waals surface area contributed by atoms with Crippen LogP contribution < -0.4 is 0 Å². The average molecular weight is 477 g/mol. The monoisotopic (exact) mass is 476 g/mol. The van der Waals surface area contributed by atoms with E-state index < -0.39 is 11.8 Å². The Balaban J connectivity index is 1.60. The second-order valence-electron chi connectivity index (χ2n) is 10.1. The fourth-order valence-corrected chi connectivity index (χ4v) is 4.74. The largest absolute Gasteiger partial charge is 0.528 e. The van der Waals surface area contributed by atoms with Crippen molar-refractivity contribution in [2.75, 3.05) is 0 Å². The highest BCUT2D eigenvalue weighted by molar-refractivity contribution is 6.30. The number of nitrogens with zero attached hydrogens (tertiary/aromatic N) is 4. The molecule has 1 aliphatic heterocycles. The molecule has 4 rings (SSSR count). The smallest absolute Gasteiger partial charge is 0.427 e. The molecule has 0 unspecified atom stereocenters. The molecule has 180 valence electrons. The van der Waals surface area contributed by atoms with Crippen LogP contribution in [0.2, 0.25) is 5.02 Å². The van der Waals surface area contributed by atoms with Gasteiger partial charge < -0.3 is 14.3 Å². The molecule has 2 aliphatic rings. The zero-order valence-corrected chi connectivity index (χ0v) is 20.8. The highest BCUT2D eigenvalue weighted by Gasteiger charge is 2.32. The molecule has 1 aromatic carbocycles. The molecule has 0 bridgehead atoms. The number of hydrogen-bond donors (Lipinski definition) is 0. The second kappa shape index (κ2) is 9.60. The third-order valence-corrected chi connectivity index (χ3v) is 6.03. The van der Waals surface area contributed by atoms with Gasteiger partial charge in [0.25, 0.3) is 0 Å². The van der Waals surface area contributed by atoms with Gasteiger partial charge >= 0.3 is 6.16 Å². The summed E-state index contributed by atoms with van der Waals surface area (Å²) in [7, 11) is 0. The number of rotatable bonds is 4. The number of aromatic nitrogens is 3. The molecule has 1 aromatic heterocycles. The van der Waals surface area contributed by atoms with Gasteiger partial charge in [-0.05, 0) is 84.1 Å². The van der Waals surface area contributed by atoms with Crippen molar-refractivity contribution in [3.63, 3.8) is 0 Å². The van der Waals surface area contributed by atoms with E-state index in [-0.39, 0.29) is 6.10 Å². The molecular weight excluding hydrogens is 444 g/mol. The summed E-state index contributed by atoms with van der Waals surface area (Å²) < 4.78 is 13.5. The van der Waals surface area contributed by atoms with Crippen molar-refractivity contribution in [3.8, 4) is 5.69 Å². The van der Waals surface area contributed by atoms with E-state index in [4.69, 9.17) is 25.9 Å². The molecule has 2 aromatic rings. The lowest BCUT2D eigenvalue weighted by Crippen LogP contribution is -2.31. The molecule has 0 atom stereocenters. The van der Waals surface area contributed by atoms with Gasteiger partial charge in [0.1, 0.15) is 11.4 Å². The maximum atomic E-state index is 12.3. The lowest BCUT2D eigenvalue weighted by atomic mass is 9.86. The van der Waals surface area contributed by atoms with Gasteiger partial charge in [-0.2, -0.15) is 0 Å². The van der Waals surface area contributed by atoms with Crippen LogP contribution in [0, 0.1) is 0 Å². The Morgan fingerprint density at radius 1 is 1.12 bits per heavy atom. The molecule has 2 heterocycles. The van der Waals surface area contributed by atoms with Gasteiger partial charge in [0.05, 0.1) is 31.0 Å². The van der Waals surface area contributed by atoms with Crippen LogP contribution in [0.15, 0.2) is 18.2 Å². The highest BCUT2D eigenvalue weighted by atomic mass is 35.5. The molecule has 1 fully saturated rings. The lowest BCUT2D eigenvalue weighted by Gasteiger charge is -2.29. The maximum Gasteiger partial charge on any atom is 0.528 e. The first-order valence-electron chi connectivity index (χ1n) is 11.6. The molecule has 0 amide bonds. The summed E-state index contributed by atoms with van der Waals surface area (Å²) in [5.41, 5.74) is 1.25. The average Bonchev–Trinajstić information content (AvgIpc) is 3.03. The van der Waals surface area contributed by atoms with Crippen LogP contribution in [-0.2, 0) is 27.4 Å². The van der Waals surface area contributed by atoms with Crippen molar-refractivity contribution in [2.45, 2.75) is 97.1 Å². The van der Waals surface area contributed by atoms with Gasteiger partial charge in [0.15, 0.2) is 5.82 Å². The van der Waals surface area contributed by atoms with E-state index in [0.29, 0.717) is 30.1 Å². The van der Waals surface area contributed by atoms with Gasteiger partial charge in [-0.3, -0.25) is 4.57 Å². The summed E-state index contributed by atoms with van der Waals surface area (Å²) in [6.07, 6.45) is 3.80. The van der Waals surface area contributed by atoms with E-state index in [0.717, 1.165) is 48.6 Å². The Morgan fingerprint density at radius 3 is 2.52 bits per heavy atom. The first-order valence-corrected chi connectivity index (χ1v) is 12.0. The molecule has 33 heavy (non-hydrogen) atoms.